The maximum Gasteiger partial charge on any atom is 0.333 e. The highest BCUT2D eigenvalue weighted by molar-refractivity contribution is 6.02. The molecule has 3 aliphatic carbocycles. The Kier molecular flexibility index (Phi) is 7.47. The molecule has 4 aliphatic rings. The largest absolute Gasteiger partial charge is 0.467 e. The van der Waals surface area contributed by atoms with Crippen LogP contribution in [-0.2, 0) is 18.9 Å². The Morgan fingerprint density at radius 1 is 0.909 bits per heavy atom. The fourth-order valence-corrected chi connectivity index (χ4v) is 6.94. The van der Waals surface area contributed by atoms with Gasteiger partial charge in [-0.3, -0.25) is 14.4 Å². The summed E-state index contributed by atoms with van der Waals surface area (Å²) in [6.07, 6.45) is -1.44. The molecule has 44 heavy (non-hydrogen) atoms. The lowest BCUT2D eigenvalue weighted by atomic mass is 9.77. The van der Waals surface area contributed by atoms with E-state index in [4.69, 9.17) is 28.4 Å². The predicted molar refractivity (Wildman–Crippen MR) is 156 cm³/mol. The summed E-state index contributed by atoms with van der Waals surface area (Å²) in [7, 11) is 2.84. The number of ketones is 1. The van der Waals surface area contributed by atoms with Gasteiger partial charge in [0.05, 0.1) is 21.6 Å². The molecule has 0 radical (unpaired) electrons. The van der Waals surface area contributed by atoms with Crippen molar-refractivity contribution in [2.24, 2.45) is 0 Å². The van der Waals surface area contributed by atoms with Crippen LogP contribution in [0.15, 0.2) is 33.9 Å². The van der Waals surface area contributed by atoms with Crippen molar-refractivity contribution in [1.82, 2.24) is 0 Å². The standard InChI is InChI=1S/C33H32N2O9/c1-7-33-12-18(36)22-25-26(30(38)24-20(42-14-40-6)9-8-19(41-13-39-5)23(24)29(25)37)28(35-34)27(22)31(33)43-32(44-33)21-16(3)10-15(2)11-17(21)4/h8-11,31-32H,7,12-14H2,1-6H3/t31-,32+,33+/m1/s1. The molecular weight excluding hydrogens is 568 g/mol. The Morgan fingerprint density at radius 3 is 2.00 bits per heavy atom. The number of ether oxygens (including phenoxy) is 6. The smallest absolute Gasteiger partial charge is 0.333 e. The van der Waals surface area contributed by atoms with Gasteiger partial charge >= 0.3 is 5.36 Å². The van der Waals surface area contributed by atoms with Gasteiger partial charge in [0, 0.05) is 31.8 Å². The number of nitrogens with zero attached hydrogens (tertiary/aromatic N) is 2. The van der Waals surface area contributed by atoms with Gasteiger partial charge in [0.2, 0.25) is 5.43 Å². The summed E-state index contributed by atoms with van der Waals surface area (Å²) in [6.45, 7) is 7.43. The Morgan fingerprint density at radius 2 is 1.48 bits per heavy atom. The lowest BCUT2D eigenvalue weighted by Gasteiger charge is -2.34. The number of carbonyl (C=O) groups excluding carboxylic acids is 1. The molecule has 0 saturated carbocycles. The van der Waals surface area contributed by atoms with E-state index in [9.17, 15) is 19.9 Å². The van der Waals surface area contributed by atoms with Crippen LogP contribution in [0.4, 0.5) is 0 Å². The van der Waals surface area contributed by atoms with E-state index in [0.717, 1.165) is 22.3 Å². The zero-order valence-electron chi connectivity index (χ0n) is 25.4. The summed E-state index contributed by atoms with van der Waals surface area (Å²) < 4.78 is 34.6. The maximum atomic E-state index is 14.4. The minimum absolute atomic E-state index is 0.00613. The topological polar surface area (TPSA) is 143 Å². The first kappa shape index (κ1) is 29.8. The molecule has 1 saturated heterocycles. The van der Waals surface area contributed by atoms with Crippen molar-refractivity contribution in [3.05, 3.63) is 99.4 Å². The second kappa shape index (κ2) is 11.0. The molecule has 0 aromatic heterocycles. The molecule has 0 amide bonds. The highest BCUT2D eigenvalue weighted by atomic mass is 16.7. The highest BCUT2D eigenvalue weighted by Gasteiger charge is 2.57. The van der Waals surface area contributed by atoms with Gasteiger partial charge in [-0.05, 0) is 50.5 Å². The molecule has 11 nitrogen and oxygen atoms in total. The van der Waals surface area contributed by atoms with Crippen molar-refractivity contribution < 1.29 is 38.0 Å². The van der Waals surface area contributed by atoms with Gasteiger partial charge in [0.1, 0.15) is 28.4 Å². The number of methoxy groups -OCH3 is 2. The lowest BCUT2D eigenvalue weighted by molar-refractivity contribution is -0.0940. The third kappa shape index (κ3) is 4.23. The number of benzene rings is 2. The van der Waals surface area contributed by atoms with E-state index in [1.165, 1.54) is 26.4 Å². The van der Waals surface area contributed by atoms with Gasteiger partial charge in [-0.2, -0.15) is 4.79 Å². The number of rotatable bonds is 8. The summed E-state index contributed by atoms with van der Waals surface area (Å²) >= 11 is 0. The first-order chi connectivity index (χ1) is 21.1. The van der Waals surface area contributed by atoms with Crippen LogP contribution in [0.25, 0.3) is 16.3 Å². The molecule has 1 aliphatic heterocycles. The molecule has 0 unspecified atom stereocenters. The van der Waals surface area contributed by atoms with Crippen LogP contribution in [0, 0.1) is 31.2 Å². The van der Waals surface area contributed by atoms with Crippen molar-refractivity contribution in [2.75, 3.05) is 27.8 Å². The molecule has 0 bridgehead atoms. The van der Waals surface area contributed by atoms with Gasteiger partial charge in [-0.1, -0.05) is 24.6 Å². The highest BCUT2D eigenvalue weighted by Crippen LogP contribution is 2.54. The predicted octanol–water partition coefficient (Wildman–Crippen LogP) is 3.70. The van der Waals surface area contributed by atoms with Crippen LogP contribution >= 0.6 is 0 Å². The third-order valence-corrected chi connectivity index (χ3v) is 8.72. The molecule has 0 spiro atoms. The second-order valence-electron chi connectivity index (χ2n) is 11.4. The molecule has 11 heteroatoms. The Bertz CT molecular complexity index is 2070. The minimum atomic E-state index is -1.12. The summed E-state index contributed by atoms with van der Waals surface area (Å²) in [5.74, 6) is -0.273. The fourth-order valence-electron chi connectivity index (χ4n) is 6.94. The summed E-state index contributed by atoms with van der Waals surface area (Å²) in [5, 5.41) is -0.727. The van der Waals surface area contributed by atoms with Crippen LogP contribution in [0.2, 0.25) is 0 Å². The molecular formula is C33H32N2O9. The molecule has 3 atom stereocenters. The Balaban J connectivity index is 1.69. The fraction of sp³-hybridized carbons (Fsp3) is 0.394. The average molecular weight is 601 g/mol. The van der Waals surface area contributed by atoms with Crippen LogP contribution in [0.5, 0.6) is 11.5 Å². The van der Waals surface area contributed by atoms with Gasteiger partial charge in [-0.15, -0.1) is 0 Å². The zero-order valence-corrected chi connectivity index (χ0v) is 25.4. The quantitative estimate of drug-likeness (QED) is 0.168. The number of Topliss-reactive ketones (excluding diaryl/α,β-unsaturated/α-hetero) is 1. The van der Waals surface area contributed by atoms with Gasteiger partial charge in [-0.25, -0.2) is 0 Å². The first-order valence-electron chi connectivity index (χ1n) is 14.3. The van der Waals surface area contributed by atoms with E-state index in [0.29, 0.717) is 6.42 Å². The number of fused-ring (bicyclic) bond motifs is 5. The zero-order chi connectivity index (χ0) is 31.5. The van der Waals surface area contributed by atoms with E-state index in [2.05, 4.69) is 4.79 Å². The summed E-state index contributed by atoms with van der Waals surface area (Å²) in [4.78, 5) is 46.2. The number of hydrogen-bond acceptors (Lipinski definition) is 9. The van der Waals surface area contributed by atoms with Crippen molar-refractivity contribution in [3.63, 3.8) is 0 Å². The maximum absolute atomic E-state index is 14.4. The lowest BCUT2D eigenvalue weighted by Crippen LogP contribution is -2.42. The van der Waals surface area contributed by atoms with Gasteiger partial charge in [0.15, 0.2) is 31.1 Å². The van der Waals surface area contributed by atoms with Crippen LogP contribution in [0.3, 0.4) is 0 Å². The first-order valence-corrected chi connectivity index (χ1v) is 14.3. The van der Waals surface area contributed by atoms with Crippen molar-refractivity contribution in [2.45, 2.75) is 58.5 Å². The van der Waals surface area contributed by atoms with Crippen LogP contribution in [-0.4, -0.2) is 44.0 Å². The second-order valence-corrected chi connectivity index (χ2v) is 11.4. The summed E-state index contributed by atoms with van der Waals surface area (Å²) in [5.41, 5.74) is 12.0. The number of hydrogen-bond donors (Lipinski definition) is 0. The average Bonchev–Trinajstić information content (AvgIpc) is 3.54. The molecule has 228 valence electrons. The van der Waals surface area contributed by atoms with E-state index in [1.807, 2.05) is 39.8 Å². The Labute approximate surface area is 251 Å². The number of aryl methyl sites for hydroxylation is 3. The van der Waals surface area contributed by atoms with Gasteiger partial charge < -0.3 is 34.0 Å². The van der Waals surface area contributed by atoms with Crippen LogP contribution in [0.1, 0.15) is 70.3 Å². The molecule has 2 aromatic carbocycles. The van der Waals surface area contributed by atoms with E-state index in [-0.39, 0.29) is 69.2 Å². The minimum Gasteiger partial charge on any atom is -0.467 e. The number of carbonyl (C=O) groups is 1. The SMILES string of the molecule is CC[C@]12CC(=O)c3c(c(=[N+]=[N-])c4c(=O)c5c(OCOC)ccc(OCOC)c5c(=O)c3=4)[C@H]1O[C@H](c1c(C)cc(C)cc1C)O2. The third-order valence-electron chi connectivity index (χ3n) is 8.72. The van der Waals surface area contributed by atoms with Gasteiger partial charge in [0.25, 0.3) is 0 Å². The Hall–Kier alpha value is -4.25. The van der Waals surface area contributed by atoms with E-state index in [1.54, 1.807) is 0 Å². The molecule has 0 N–H and O–H groups in total. The van der Waals surface area contributed by atoms with Crippen molar-refractivity contribution >= 4 is 16.6 Å². The van der Waals surface area contributed by atoms with E-state index < -0.39 is 34.6 Å². The molecule has 1 fully saturated rings. The molecule has 6 rings (SSSR count). The molecule has 1 heterocycles. The van der Waals surface area contributed by atoms with E-state index >= 15 is 0 Å². The van der Waals surface area contributed by atoms with Crippen molar-refractivity contribution in [1.29, 1.82) is 0 Å². The monoisotopic (exact) mass is 600 g/mol. The van der Waals surface area contributed by atoms with Crippen molar-refractivity contribution in [3.8, 4) is 11.5 Å². The normalized spacial score (nSPS) is 21.0. The van der Waals surface area contributed by atoms with Crippen LogP contribution < -0.4 is 25.7 Å². The molecule has 2 aromatic rings. The summed E-state index contributed by atoms with van der Waals surface area (Å²) in [6, 6.07) is 7.03.